The molecule has 0 bridgehead atoms. The molecule has 1 aromatic carbocycles. The van der Waals surface area contributed by atoms with Crippen LogP contribution in [0, 0.1) is 5.92 Å². The molecular formula is C23H24N4O2S. The molecule has 0 radical (unpaired) electrons. The minimum atomic E-state index is -0.269. The van der Waals surface area contributed by atoms with E-state index in [-0.39, 0.29) is 11.8 Å². The lowest BCUT2D eigenvalue weighted by molar-refractivity contribution is 0.101. The number of anilines is 2. The Bertz CT molecular complexity index is 1050. The van der Waals surface area contributed by atoms with Crippen molar-refractivity contribution in [2.75, 3.05) is 10.6 Å². The van der Waals surface area contributed by atoms with Gasteiger partial charge in [0.05, 0.1) is 11.3 Å². The standard InChI is InChI=1S/C23H24N4O2S/c1-2-5-15-9-10-19-20(12-15)30-23(26-19)27-21(28)16-6-3-8-18(13-16)25-22(29)17-7-4-11-24-14-17/h3-4,6-8,11,13-15H,2,5,9-10,12H2,1H3,(H,25,29)(H,26,27,28)/t15-/m0/s1. The quantitative estimate of drug-likeness (QED) is 0.591. The van der Waals surface area contributed by atoms with Crippen molar-refractivity contribution in [2.45, 2.75) is 39.0 Å². The van der Waals surface area contributed by atoms with E-state index in [1.54, 1.807) is 53.9 Å². The lowest BCUT2D eigenvalue weighted by Gasteiger charge is -2.19. The zero-order chi connectivity index (χ0) is 20.9. The molecule has 1 aliphatic carbocycles. The highest BCUT2D eigenvalue weighted by molar-refractivity contribution is 7.15. The van der Waals surface area contributed by atoms with Crippen molar-refractivity contribution in [3.05, 3.63) is 70.5 Å². The van der Waals surface area contributed by atoms with Crippen molar-refractivity contribution in [1.29, 1.82) is 0 Å². The van der Waals surface area contributed by atoms with Crippen LogP contribution in [-0.4, -0.2) is 21.8 Å². The Kier molecular flexibility index (Phi) is 6.18. The maximum absolute atomic E-state index is 12.7. The van der Waals surface area contributed by atoms with E-state index in [0.717, 1.165) is 24.5 Å². The molecule has 0 aliphatic heterocycles. The predicted molar refractivity (Wildman–Crippen MR) is 119 cm³/mol. The van der Waals surface area contributed by atoms with Crippen LogP contribution in [0.5, 0.6) is 0 Å². The first-order chi connectivity index (χ1) is 14.6. The fraction of sp³-hybridized carbons (Fsp3) is 0.304. The van der Waals surface area contributed by atoms with Crippen molar-refractivity contribution in [3.63, 3.8) is 0 Å². The van der Waals surface area contributed by atoms with Gasteiger partial charge in [-0.2, -0.15) is 0 Å². The smallest absolute Gasteiger partial charge is 0.257 e. The topological polar surface area (TPSA) is 84.0 Å². The molecule has 1 aliphatic rings. The first-order valence-electron chi connectivity index (χ1n) is 10.2. The first kappa shape index (κ1) is 20.2. The lowest BCUT2D eigenvalue weighted by Crippen LogP contribution is -2.15. The molecule has 0 saturated carbocycles. The fourth-order valence-electron chi connectivity index (χ4n) is 3.76. The summed E-state index contributed by atoms with van der Waals surface area (Å²) in [6.07, 6.45) is 8.79. The number of thiazole rings is 1. The molecule has 6 nitrogen and oxygen atoms in total. The number of carbonyl (C=O) groups is 2. The summed E-state index contributed by atoms with van der Waals surface area (Å²) in [6, 6.07) is 10.3. The van der Waals surface area contributed by atoms with E-state index < -0.39 is 0 Å². The summed E-state index contributed by atoms with van der Waals surface area (Å²) < 4.78 is 0. The van der Waals surface area contributed by atoms with Gasteiger partial charge in [-0.1, -0.05) is 25.8 Å². The Labute approximate surface area is 179 Å². The van der Waals surface area contributed by atoms with Crippen LogP contribution >= 0.6 is 11.3 Å². The van der Waals surface area contributed by atoms with Crippen LogP contribution in [0.3, 0.4) is 0 Å². The van der Waals surface area contributed by atoms with Gasteiger partial charge >= 0.3 is 0 Å². The SMILES string of the molecule is CCC[C@H]1CCc2nc(NC(=O)c3cccc(NC(=O)c4cccnc4)c3)sc2C1. The number of hydrogen-bond acceptors (Lipinski definition) is 5. The summed E-state index contributed by atoms with van der Waals surface area (Å²) in [6.45, 7) is 2.22. The molecule has 30 heavy (non-hydrogen) atoms. The number of pyridine rings is 1. The minimum absolute atomic E-state index is 0.233. The Morgan fingerprint density at radius 2 is 1.97 bits per heavy atom. The number of hydrogen-bond donors (Lipinski definition) is 2. The molecule has 154 valence electrons. The number of aromatic nitrogens is 2. The zero-order valence-electron chi connectivity index (χ0n) is 16.9. The summed E-state index contributed by atoms with van der Waals surface area (Å²) >= 11 is 1.58. The lowest BCUT2D eigenvalue weighted by atomic mass is 9.88. The molecule has 0 saturated heterocycles. The highest BCUT2D eigenvalue weighted by Crippen LogP contribution is 2.34. The Balaban J connectivity index is 1.42. The molecule has 2 aromatic heterocycles. The van der Waals surface area contributed by atoms with Gasteiger partial charge in [0.15, 0.2) is 5.13 Å². The van der Waals surface area contributed by atoms with Crippen molar-refractivity contribution >= 4 is 34.0 Å². The molecule has 4 rings (SSSR count). The second-order valence-corrected chi connectivity index (χ2v) is 8.60. The Morgan fingerprint density at radius 1 is 1.13 bits per heavy atom. The Morgan fingerprint density at radius 3 is 2.77 bits per heavy atom. The van der Waals surface area contributed by atoms with Gasteiger partial charge in [0.2, 0.25) is 0 Å². The molecule has 0 spiro atoms. The van der Waals surface area contributed by atoms with E-state index in [4.69, 9.17) is 0 Å². The number of benzene rings is 1. The molecule has 2 amide bonds. The maximum Gasteiger partial charge on any atom is 0.257 e. The molecule has 0 fully saturated rings. The number of carbonyl (C=O) groups excluding carboxylic acids is 2. The third-order valence-electron chi connectivity index (χ3n) is 5.27. The Hall–Kier alpha value is -3.06. The molecular weight excluding hydrogens is 396 g/mol. The van der Waals surface area contributed by atoms with Gasteiger partial charge < -0.3 is 5.32 Å². The van der Waals surface area contributed by atoms with Crippen LogP contribution in [0.2, 0.25) is 0 Å². The number of amides is 2. The zero-order valence-corrected chi connectivity index (χ0v) is 17.7. The summed E-state index contributed by atoms with van der Waals surface area (Å²) in [7, 11) is 0. The van der Waals surface area contributed by atoms with Gasteiger partial charge in [-0.25, -0.2) is 4.98 Å². The number of nitrogens with one attached hydrogen (secondary N) is 2. The number of nitrogens with zero attached hydrogens (tertiary/aromatic N) is 2. The van der Waals surface area contributed by atoms with Crippen molar-refractivity contribution in [1.82, 2.24) is 9.97 Å². The largest absolute Gasteiger partial charge is 0.322 e. The summed E-state index contributed by atoms with van der Waals surface area (Å²) in [5, 5.41) is 6.37. The van der Waals surface area contributed by atoms with E-state index in [2.05, 4.69) is 27.5 Å². The third-order valence-corrected chi connectivity index (χ3v) is 6.30. The highest BCUT2D eigenvalue weighted by atomic mass is 32.1. The highest BCUT2D eigenvalue weighted by Gasteiger charge is 2.22. The van der Waals surface area contributed by atoms with E-state index >= 15 is 0 Å². The van der Waals surface area contributed by atoms with Crippen molar-refractivity contribution < 1.29 is 9.59 Å². The molecule has 7 heteroatoms. The van der Waals surface area contributed by atoms with E-state index in [1.807, 2.05) is 0 Å². The summed E-state index contributed by atoms with van der Waals surface area (Å²) in [4.78, 5) is 34.9. The third kappa shape index (κ3) is 4.74. The van der Waals surface area contributed by atoms with Gasteiger partial charge in [0.1, 0.15) is 0 Å². The second-order valence-electron chi connectivity index (χ2n) is 7.52. The van der Waals surface area contributed by atoms with Gasteiger partial charge in [0, 0.05) is 28.5 Å². The summed E-state index contributed by atoms with van der Waals surface area (Å²) in [5.74, 6) is 0.227. The monoisotopic (exact) mass is 420 g/mol. The first-order valence-corrected chi connectivity index (χ1v) is 11.1. The maximum atomic E-state index is 12.7. The molecule has 2 heterocycles. The van der Waals surface area contributed by atoms with Crippen molar-refractivity contribution in [2.24, 2.45) is 5.92 Å². The van der Waals surface area contributed by atoms with Crippen LogP contribution in [0.1, 0.15) is 57.5 Å². The molecule has 3 aromatic rings. The molecule has 0 unspecified atom stereocenters. The van der Waals surface area contributed by atoms with E-state index in [0.29, 0.717) is 21.9 Å². The number of rotatable bonds is 6. The second kappa shape index (κ2) is 9.17. The fourth-order valence-corrected chi connectivity index (χ4v) is 4.88. The summed E-state index contributed by atoms with van der Waals surface area (Å²) in [5.41, 5.74) is 2.61. The van der Waals surface area contributed by atoms with Gasteiger partial charge in [-0.15, -0.1) is 11.3 Å². The van der Waals surface area contributed by atoms with Crippen LogP contribution in [0.4, 0.5) is 10.8 Å². The van der Waals surface area contributed by atoms with Crippen LogP contribution in [0.25, 0.3) is 0 Å². The van der Waals surface area contributed by atoms with Gasteiger partial charge in [0.25, 0.3) is 11.8 Å². The van der Waals surface area contributed by atoms with E-state index in [9.17, 15) is 9.59 Å². The van der Waals surface area contributed by atoms with Crippen molar-refractivity contribution in [3.8, 4) is 0 Å². The predicted octanol–water partition coefficient (Wildman–Crippen LogP) is 4.95. The normalized spacial score (nSPS) is 15.3. The average Bonchev–Trinajstić information content (AvgIpc) is 3.16. The molecule has 2 N–H and O–H groups in total. The number of aryl methyl sites for hydroxylation is 1. The number of fused-ring (bicyclic) bond motifs is 1. The average molecular weight is 421 g/mol. The van der Waals surface area contributed by atoms with Crippen LogP contribution in [0.15, 0.2) is 48.8 Å². The van der Waals surface area contributed by atoms with Gasteiger partial charge in [-0.05, 0) is 55.5 Å². The van der Waals surface area contributed by atoms with Crippen LogP contribution < -0.4 is 10.6 Å². The van der Waals surface area contributed by atoms with E-state index in [1.165, 1.54) is 30.3 Å². The minimum Gasteiger partial charge on any atom is -0.322 e. The molecule has 1 atom stereocenters. The van der Waals surface area contributed by atoms with Gasteiger partial charge in [-0.3, -0.25) is 19.9 Å². The van der Waals surface area contributed by atoms with Crippen LogP contribution in [-0.2, 0) is 12.8 Å².